The summed E-state index contributed by atoms with van der Waals surface area (Å²) >= 11 is 0. The highest BCUT2D eigenvalue weighted by Crippen LogP contribution is 2.27. The number of anilines is 1. The summed E-state index contributed by atoms with van der Waals surface area (Å²) in [7, 11) is 0. The third kappa shape index (κ3) is 5.10. The maximum absolute atomic E-state index is 11.1. The van der Waals surface area contributed by atoms with Crippen LogP contribution in [0.4, 0.5) is 6.01 Å². The normalized spacial score (nSPS) is 16.2. The van der Waals surface area contributed by atoms with Crippen molar-refractivity contribution in [3.63, 3.8) is 0 Å². The Balaban J connectivity index is 0.000000806. The van der Waals surface area contributed by atoms with E-state index in [4.69, 9.17) is 20.1 Å². The van der Waals surface area contributed by atoms with Crippen molar-refractivity contribution in [1.29, 1.82) is 0 Å². The Morgan fingerprint density at radius 3 is 2.93 bits per heavy atom. The van der Waals surface area contributed by atoms with Gasteiger partial charge in [-0.15, -0.1) is 0 Å². The summed E-state index contributed by atoms with van der Waals surface area (Å²) in [6, 6.07) is 4.35. The largest absolute Gasteiger partial charge is 0.483 e. The first-order valence-electron chi connectivity index (χ1n) is 9.79. The number of carbonyl (C=O) groups is 2. The number of piperidine rings is 1. The molecule has 0 bridgehead atoms. The van der Waals surface area contributed by atoms with Crippen LogP contribution in [0.25, 0.3) is 11.2 Å². The van der Waals surface area contributed by atoms with Crippen molar-refractivity contribution in [3.05, 3.63) is 30.0 Å². The Kier molecular flexibility index (Phi) is 6.94. The lowest BCUT2D eigenvalue weighted by atomic mass is 9.94. The van der Waals surface area contributed by atoms with Crippen LogP contribution in [0.2, 0.25) is 0 Å². The highest BCUT2D eigenvalue weighted by molar-refractivity contribution is 5.75. The number of fused-ring (bicyclic) bond motifs is 1. The Morgan fingerprint density at radius 2 is 2.23 bits per heavy atom. The zero-order valence-electron chi connectivity index (χ0n) is 16.8. The molecule has 3 aromatic rings. The molecule has 0 radical (unpaired) electrons. The monoisotopic (exact) mass is 415 g/mol. The van der Waals surface area contributed by atoms with Crippen molar-refractivity contribution >= 4 is 29.6 Å². The smallest absolute Gasteiger partial charge is 0.299 e. The van der Waals surface area contributed by atoms with Crippen LogP contribution in [0, 0.1) is 5.92 Å². The van der Waals surface area contributed by atoms with E-state index in [0.29, 0.717) is 35.5 Å². The summed E-state index contributed by atoms with van der Waals surface area (Å²) in [6.45, 7) is 4.24. The number of aryl methyl sites for hydroxylation is 1. The first kappa shape index (κ1) is 21.2. The molecular formula is C19H25N7O4. The van der Waals surface area contributed by atoms with Gasteiger partial charge in [-0.05, 0) is 37.8 Å². The van der Waals surface area contributed by atoms with Gasteiger partial charge in [0.2, 0.25) is 11.6 Å². The average molecular weight is 415 g/mol. The maximum atomic E-state index is 11.1. The van der Waals surface area contributed by atoms with Crippen molar-refractivity contribution in [2.45, 2.75) is 39.2 Å². The third-order valence-electron chi connectivity index (χ3n) is 4.84. The number of hydrogen-bond acceptors (Lipinski definition) is 8. The minimum atomic E-state index is -0.414. The number of carbonyl (C=O) groups excluding carboxylic acids is 1. The Hall–Kier alpha value is -3.50. The van der Waals surface area contributed by atoms with E-state index >= 15 is 0 Å². The van der Waals surface area contributed by atoms with Crippen LogP contribution in [-0.2, 0) is 29.0 Å². The number of pyridine rings is 1. The Bertz CT molecular complexity index is 967. The molecule has 4 rings (SSSR count). The van der Waals surface area contributed by atoms with Crippen LogP contribution in [0.5, 0.6) is 0 Å². The molecule has 1 saturated heterocycles. The van der Waals surface area contributed by atoms with Gasteiger partial charge in [0.1, 0.15) is 5.82 Å². The quantitative estimate of drug-likeness (QED) is 0.562. The third-order valence-corrected chi connectivity index (χ3v) is 4.84. The second-order valence-corrected chi connectivity index (χ2v) is 6.99. The van der Waals surface area contributed by atoms with Gasteiger partial charge >= 0.3 is 0 Å². The molecule has 11 heteroatoms. The Morgan fingerprint density at radius 1 is 1.43 bits per heavy atom. The van der Waals surface area contributed by atoms with E-state index in [0.717, 1.165) is 38.2 Å². The molecule has 30 heavy (non-hydrogen) atoms. The average Bonchev–Trinajstić information content (AvgIpc) is 3.32. The topological polar surface area (TPSA) is 153 Å². The molecule has 11 nitrogen and oxygen atoms in total. The molecule has 0 spiro atoms. The fourth-order valence-electron chi connectivity index (χ4n) is 3.62. The number of aromatic nitrogens is 5. The van der Waals surface area contributed by atoms with E-state index in [1.807, 2.05) is 23.7 Å². The number of primary amides is 1. The van der Waals surface area contributed by atoms with Gasteiger partial charge in [-0.25, -0.2) is 9.97 Å². The summed E-state index contributed by atoms with van der Waals surface area (Å²) in [5.74, 6) is 1.40. The van der Waals surface area contributed by atoms with Crippen molar-refractivity contribution in [1.82, 2.24) is 24.7 Å². The van der Waals surface area contributed by atoms with Gasteiger partial charge < -0.3 is 20.2 Å². The molecule has 0 saturated carbocycles. The molecule has 160 valence electrons. The van der Waals surface area contributed by atoms with Crippen LogP contribution in [-0.4, -0.2) is 55.3 Å². The number of hydrogen-bond donors (Lipinski definition) is 2. The van der Waals surface area contributed by atoms with Gasteiger partial charge in [-0.1, -0.05) is 0 Å². The molecule has 0 aliphatic carbocycles. The van der Waals surface area contributed by atoms with Crippen molar-refractivity contribution < 1.29 is 19.1 Å². The second kappa shape index (κ2) is 9.81. The first-order chi connectivity index (χ1) is 14.5. The highest BCUT2D eigenvalue weighted by atomic mass is 16.4. The van der Waals surface area contributed by atoms with E-state index in [-0.39, 0.29) is 12.9 Å². The highest BCUT2D eigenvalue weighted by Gasteiger charge is 2.25. The molecule has 1 unspecified atom stereocenters. The summed E-state index contributed by atoms with van der Waals surface area (Å²) in [5.41, 5.74) is 6.61. The van der Waals surface area contributed by atoms with E-state index < -0.39 is 5.91 Å². The van der Waals surface area contributed by atoms with Crippen molar-refractivity contribution in [3.8, 4) is 0 Å². The molecule has 0 aromatic carbocycles. The minimum Gasteiger partial charge on any atom is -0.483 e. The SMILES string of the molecule is CCn1nc(CC(N)=O)nc1CC1CCCN(c2nc3ncccc3o2)C1.O=CO. The lowest BCUT2D eigenvalue weighted by Crippen LogP contribution is -2.36. The van der Waals surface area contributed by atoms with Gasteiger partial charge in [-0.2, -0.15) is 10.1 Å². The summed E-state index contributed by atoms with van der Waals surface area (Å²) in [5, 5.41) is 11.3. The van der Waals surface area contributed by atoms with Crippen LogP contribution >= 0.6 is 0 Å². The van der Waals surface area contributed by atoms with Crippen LogP contribution in [0.1, 0.15) is 31.4 Å². The zero-order valence-corrected chi connectivity index (χ0v) is 16.8. The lowest BCUT2D eigenvalue weighted by molar-refractivity contribution is -0.123. The van der Waals surface area contributed by atoms with Crippen molar-refractivity contribution in [2.24, 2.45) is 11.7 Å². The van der Waals surface area contributed by atoms with Gasteiger partial charge in [0, 0.05) is 32.3 Å². The number of nitrogens with two attached hydrogens (primary N) is 1. The van der Waals surface area contributed by atoms with Gasteiger partial charge in [0.15, 0.2) is 11.4 Å². The Labute approximate surface area is 172 Å². The fraction of sp³-hybridized carbons (Fsp3) is 0.474. The van der Waals surface area contributed by atoms with E-state index in [2.05, 4.69) is 25.0 Å². The number of oxazole rings is 1. The summed E-state index contributed by atoms with van der Waals surface area (Å²) in [4.78, 5) is 35.0. The predicted molar refractivity (Wildman–Crippen MR) is 108 cm³/mol. The number of amides is 1. The molecule has 1 amide bonds. The number of nitrogens with zero attached hydrogens (tertiary/aromatic N) is 6. The summed E-state index contributed by atoms with van der Waals surface area (Å²) < 4.78 is 7.73. The molecule has 1 aliphatic rings. The molecule has 1 atom stereocenters. The van der Waals surface area contributed by atoms with Crippen molar-refractivity contribution in [2.75, 3.05) is 18.0 Å². The molecule has 3 N–H and O–H groups in total. The molecule has 1 fully saturated rings. The van der Waals surface area contributed by atoms with Gasteiger partial charge in [0.05, 0.1) is 6.42 Å². The minimum absolute atomic E-state index is 0.0761. The first-order valence-corrected chi connectivity index (χ1v) is 9.79. The second-order valence-electron chi connectivity index (χ2n) is 6.99. The number of rotatable bonds is 6. The molecular weight excluding hydrogens is 390 g/mol. The number of carboxylic acid groups (broad SMARTS) is 1. The van der Waals surface area contributed by atoms with E-state index in [1.165, 1.54) is 0 Å². The molecule has 3 aromatic heterocycles. The molecule has 1 aliphatic heterocycles. The lowest BCUT2D eigenvalue weighted by Gasteiger charge is -2.31. The molecule has 4 heterocycles. The van der Waals surface area contributed by atoms with E-state index in [9.17, 15) is 4.79 Å². The van der Waals surface area contributed by atoms with Crippen LogP contribution in [0.3, 0.4) is 0 Å². The van der Waals surface area contributed by atoms with Crippen LogP contribution in [0.15, 0.2) is 22.7 Å². The standard InChI is InChI=1S/C18H23N7O2.CH2O2/c1-2-25-16(21-15(23-25)10-14(19)26)9-12-5-4-8-24(11-12)18-22-17-13(27-18)6-3-7-20-17;2-1-3/h3,6-7,12H,2,4-5,8-11H2,1H3,(H2,19,26);1H,(H,2,3). The van der Waals surface area contributed by atoms with Gasteiger partial charge in [-0.3, -0.25) is 14.3 Å². The fourth-order valence-corrected chi connectivity index (χ4v) is 3.62. The van der Waals surface area contributed by atoms with Crippen LogP contribution < -0.4 is 10.6 Å². The van der Waals surface area contributed by atoms with Gasteiger partial charge in [0.25, 0.3) is 12.5 Å². The summed E-state index contributed by atoms with van der Waals surface area (Å²) in [6.07, 6.45) is 4.76. The zero-order chi connectivity index (χ0) is 21.5. The maximum Gasteiger partial charge on any atom is 0.299 e. The van der Waals surface area contributed by atoms with E-state index in [1.54, 1.807) is 6.20 Å². The predicted octanol–water partition coefficient (Wildman–Crippen LogP) is 1.02.